The number of para-hydroxylation sites is 1. The van der Waals surface area contributed by atoms with Crippen molar-refractivity contribution in [3.05, 3.63) is 33.9 Å². The second-order valence-corrected chi connectivity index (χ2v) is 3.75. The van der Waals surface area contributed by atoms with Crippen molar-refractivity contribution < 1.29 is 19.6 Å². The summed E-state index contributed by atoms with van der Waals surface area (Å²) in [6.07, 6.45) is 0. The molecule has 0 aliphatic heterocycles. The average molecular weight is 267 g/mol. The first-order valence-corrected chi connectivity index (χ1v) is 5.38. The second kappa shape index (κ2) is 6.34. The molecule has 8 heteroatoms. The fraction of sp³-hybridized carbons (Fsp3) is 0.273. The number of amides is 1. The van der Waals surface area contributed by atoms with Crippen LogP contribution in [0.5, 0.6) is 0 Å². The molecule has 0 aromatic heterocycles. The molecule has 0 aliphatic carbocycles. The van der Waals surface area contributed by atoms with Crippen molar-refractivity contribution in [3.63, 3.8) is 0 Å². The van der Waals surface area contributed by atoms with Crippen LogP contribution >= 0.6 is 0 Å². The maximum Gasteiger partial charge on any atom is 0.322 e. The monoisotopic (exact) mass is 267 g/mol. The van der Waals surface area contributed by atoms with Gasteiger partial charge in [-0.3, -0.25) is 19.7 Å². The van der Waals surface area contributed by atoms with Crippen molar-refractivity contribution >= 4 is 23.3 Å². The van der Waals surface area contributed by atoms with Gasteiger partial charge < -0.3 is 15.7 Å². The number of anilines is 1. The number of benzene rings is 1. The highest BCUT2D eigenvalue weighted by Gasteiger charge is 2.17. The number of carboxylic acid groups (broad SMARTS) is 1. The Labute approximate surface area is 108 Å². The Morgan fingerprint density at radius 2 is 2.05 bits per heavy atom. The van der Waals surface area contributed by atoms with E-state index in [2.05, 4.69) is 10.6 Å². The molecular weight excluding hydrogens is 254 g/mol. The topological polar surface area (TPSA) is 122 Å². The summed E-state index contributed by atoms with van der Waals surface area (Å²) in [4.78, 5) is 31.9. The van der Waals surface area contributed by atoms with Crippen LogP contribution in [0.2, 0.25) is 0 Å². The largest absolute Gasteiger partial charge is 0.480 e. The third-order valence-electron chi connectivity index (χ3n) is 2.30. The van der Waals surface area contributed by atoms with E-state index >= 15 is 0 Å². The lowest BCUT2D eigenvalue weighted by Crippen LogP contribution is -2.33. The van der Waals surface area contributed by atoms with Crippen LogP contribution in [0.25, 0.3) is 0 Å². The number of carbonyl (C=O) groups is 2. The van der Waals surface area contributed by atoms with Crippen LogP contribution in [0.3, 0.4) is 0 Å². The summed E-state index contributed by atoms with van der Waals surface area (Å²) in [7, 11) is 0. The van der Waals surface area contributed by atoms with E-state index in [-0.39, 0.29) is 17.9 Å². The van der Waals surface area contributed by atoms with Gasteiger partial charge in [0.1, 0.15) is 12.2 Å². The molecule has 0 atom stereocenters. The Kier molecular flexibility index (Phi) is 4.81. The van der Waals surface area contributed by atoms with Gasteiger partial charge in [-0.1, -0.05) is 12.1 Å². The number of aliphatic carboxylic acids is 1. The minimum absolute atomic E-state index is 0.103. The van der Waals surface area contributed by atoms with Crippen molar-refractivity contribution in [2.45, 2.75) is 6.92 Å². The molecule has 102 valence electrons. The average Bonchev–Trinajstić information content (AvgIpc) is 2.33. The van der Waals surface area contributed by atoms with E-state index in [1.54, 1.807) is 19.1 Å². The fourth-order valence-electron chi connectivity index (χ4n) is 1.46. The maximum absolute atomic E-state index is 11.3. The molecule has 1 aromatic rings. The van der Waals surface area contributed by atoms with Gasteiger partial charge in [-0.15, -0.1) is 0 Å². The molecule has 3 N–H and O–H groups in total. The number of hydrogen-bond acceptors (Lipinski definition) is 5. The van der Waals surface area contributed by atoms with E-state index < -0.39 is 23.3 Å². The van der Waals surface area contributed by atoms with E-state index in [4.69, 9.17) is 5.11 Å². The number of carboxylic acids is 1. The van der Waals surface area contributed by atoms with Crippen LogP contribution in [0.15, 0.2) is 18.2 Å². The smallest absolute Gasteiger partial charge is 0.322 e. The molecule has 0 saturated heterocycles. The van der Waals surface area contributed by atoms with Gasteiger partial charge in [0.2, 0.25) is 5.91 Å². The molecular formula is C11H13N3O5. The minimum atomic E-state index is -1.16. The van der Waals surface area contributed by atoms with Crippen molar-refractivity contribution in [2.24, 2.45) is 0 Å². The molecule has 1 aromatic carbocycles. The molecule has 0 saturated carbocycles. The lowest BCUT2D eigenvalue weighted by atomic mass is 10.1. The fourth-order valence-corrected chi connectivity index (χ4v) is 1.46. The number of nitrogens with zero attached hydrogens (tertiary/aromatic N) is 1. The zero-order valence-electron chi connectivity index (χ0n) is 10.2. The Hall–Kier alpha value is -2.64. The first-order chi connectivity index (χ1) is 8.91. The highest BCUT2D eigenvalue weighted by Crippen LogP contribution is 2.27. The van der Waals surface area contributed by atoms with Gasteiger partial charge in [0.25, 0.3) is 5.69 Å². The van der Waals surface area contributed by atoms with Crippen molar-refractivity contribution in [3.8, 4) is 0 Å². The van der Waals surface area contributed by atoms with E-state index in [0.29, 0.717) is 5.56 Å². The summed E-state index contributed by atoms with van der Waals surface area (Å²) < 4.78 is 0. The summed E-state index contributed by atoms with van der Waals surface area (Å²) in [5.41, 5.74) is 0.588. The van der Waals surface area contributed by atoms with Crippen molar-refractivity contribution in [2.75, 3.05) is 18.4 Å². The third-order valence-corrected chi connectivity index (χ3v) is 2.30. The van der Waals surface area contributed by atoms with Gasteiger partial charge in [0, 0.05) is 5.56 Å². The molecule has 0 fully saturated rings. The Balaban J connectivity index is 2.68. The molecule has 0 bridgehead atoms. The normalized spacial score (nSPS) is 9.74. The van der Waals surface area contributed by atoms with Crippen LogP contribution in [0.4, 0.5) is 11.4 Å². The summed E-state index contributed by atoms with van der Waals surface area (Å²) in [5, 5.41) is 24.0. The van der Waals surface area contributed by atoms with Gasteiger partial charge >= 0.3 is 5.97 Å². The molecule has 0 aliphatic rings. The zero-order valence-corrected chi connectivity index (χ0v) is 10.2. The Bertz CT molecular complexity index is 515. The van der Waals surface area contributed by atoms with E-state index in [1.165, 1.54) is 6.07 Å². The Morgan fingerprint density at radius 1 is 1.37 bits per heavy atom. The number of hydrogen-bond donors (Lipinski definition) is 3. The number of nitro groups is 1. The predicted octanol–water partition coefficient (Wildman–Crippen LogP) is 0.516. The summed E-state index contributed by atoms with van der Waals surface area (Å²) in [6, 6.07) is 4.70. The molecule has 0 spiro atoms. The Morgan fingerprint density at radius 3 is 2.63 bits per heavy atom. The van der Waals surface area contributed by atoms with Gasteiger partial charge in [-0.2, -0.15) is 0 Å². The summed E-state index contributed by atoms with van der Waals surface area (Å²) in [5.74, 6) is -1.71. The highest BCUT2D eigenvalue weighted by molar-refractivity contribution is 5.85. The predicted molar refractivity (Wildman–Crippen MR) is 67.0 cm³/mol. The SMILES string of the molecule is Cc1cccc(NCC(=O)NCC(=O)O)c1[N+](=O)[O-]. The van der Waals surface area contributed by atoms with Crippen molar-refractivity contribution in [1.29, 1.82) is 0 Å². The third kappa shape index (κ3) is 4.26. The highest BCUT2D eigenvalue weighted by atomic mass is 16.6. The molecule has 8 nitrogen and oxygen atoms in total. The number of carbonyl (C=O) groups excluding carboxylic acids is 1. The van der Waals surface area contributed by atoms with E-state index in [1.807, 2.05) is 0 Å². The molecule has 19 heavy (non-hydrogen) atoms. The lowest BCUT2D eigenvalue weighted by Gasteiger charge is -2.08. The van der Waals surface area contributed by atoms with Gasteiger partial charge in [0.15, 0.2) is 0 Å². The number of nitrogens with one attached hydrogen (secondary N) is 2. The van der Waals surface area contributed by atoms with Gasteiger partial charge in [-0.05, 0) is 13.0 Å². The molecule has 1 amide bonds. The van der Waals surface area contributed by atoms with E-state index in [9.17, 15) is 19.7 Å². The minimum Gasteiger partial charge on any atom is -0.480 e. The quantitative estimate of drug-likeness (QED) is 0.510. The van der Waals surface area contributed by atoms with Crippen LogP contribution in [-0.4, -0.2) is 35.0 Å². The summed E-state index contributed by atoms with van der Waals surface area (Å²) in [6.45, 7) is 0.863. The summed E-state index contributed by atoms with van der Waals surface area (Å²) >= 11 is 0. The number of aryl methyl sites for hydroxylation is 1. The zero-order chi connectivity index (χ0) is 14.4. The van der Waals surface area contributed by atoms with Crippen LogP contribution in [0, 0.1) is 17.0 Å². The molecule has 0 heterocycles. The molecule has 1 rings (SSSR count). The standard InChI is InChI=1S/C11H13N3O5/c1-7-3-2-4-8(11(7)14(18)19)12-5-9(15)13-6-10(16)17/h2-4,12H,5-6H2,1H3,(H,13,15)(H,16,17). The number of rotatable bonds is 6. The van der Waals surface area contributed by atoms with Gasteiger partial charge in [0.05, 0.1) is 11.5 Å². The van der Waals surface area contributed by atoms with Crippen LogP contribution in [0.1, 0.15) is 5.56 Å². The van der Waals surface area contributed by atoms with Crippen LogP contribution in [-0.2, 0) is 9.59 Å². The second-order valence-electron chi connectivity index (χ2n) is 3.75. The molecule has 0 radical (unpaired) electrons. The van der Waals surface area contributed by atoms with Gasteiger partial charge in [-0.25, -0.2) is 0 Å². The molecule has 0 unspecified atom stereocenters. The van der Waals surface area contributed by atoms with Crippen molar-refractivity contribution in [1.82, 2.24) is 5.32 Å². The maximum atomic E-state index is 11.3. The van der Waals surface area contributed by atoms with Crippen LogP contribution < -0.4 is 10.6 Å². The first-order valence-electron chi connectivity index (χ1n) is 5.38. The van der Waals surface area contributed by atoms with E-state index in [0.717, 1.165) is 0 Å². The lowest BCUT2D eigenvalue weighted by molar-refractivity contribution is -0.384. The first kappa shape index (κ1) is 14.4. The number of nitro benzene ring substituents is 1.